The summed E-state index contributed by atoms with van der Waals surface area (Å²) in [6, 6.07) is 6.89. The lowest BCUT2D eigenvalue weighted by molar-refractivity contribution is 0.0663. The van der Waals surface area contributed by atoms with E-state index in [-0.39, 0.29) is 24.5 Å². The molecule has 4 heteroatoms. The van der Waals surface area contributed by atoms with Crippen LogP contribution in [-0.2, 0) is 6.61 Å². The summed E-state index contributed by atoms with van der Waals surface area (Å²) in [6.07, 6.45) is 3.74. The zero-order valence-corrected chi connectivity index (χ0v) is 11.0. The average Bonchev–Trinajstić information content (AvgIpc) is 2.46. The molecular weight excluding hydrogens is 242 g/mol. The number of amides is 1. The highest BCUT2D eigenvalue weighted by Crippen LogP contribution is 2.23. The van der Waals surface area contributed by atoms with Crippen molar-refractivity contribution in [3.05, 3.63) is 35.4 Å². The van der Waals surface area contributed by atoms with Gasteiger partial charge in [0.05, 0.1) is 12.7 Å². The van der Waals surface area contributed by atoms with E-state index in [2.05, 4.69) is 5.32 Å². The third-order valence-electron chi connectivity index (χ3n) is 3.79. The van der Waals surface area contributed by atoms with Gasteiger partial charge in [0.25, 0.3) is 5.91 Å². The third-order valence-corrected chi connectivity index (χ3v) is 3.79. The van der Waals surface area contributed by atoms with Crippen LogP contribution >= 0.6 is 0 Å². The predicted molar refractivity (Wildman–Crippen MR) is 72.7 cm³/mol. The summed E-state index contributed by atoms with van der Waals surface area (Å²) in [5, 5.41) is 21.7. The molecule has 1 aromatic carbocycles. The van der Waals surface area contributed by atoms with Gasteiger partial charge in [0.1, 0.15) is 0 Å². The molecular formula is C15H21NO3. The molecule has 1 aromatic rings. The van der Waals surface area contributed by atoms with E-state index in [1.54, 1.807) is 24.3 Å². The summed E-state index contributed by atoms with van der Waals surface area (Å²) >= 11 is 0. The quantitative estimate of drug-likeness (QED) is 0.770. The summed E-state index contributed by atoms with van der Waals surface area (Å²) in [7, 11) is 0. The Labute approximate surface area is 113 Å². The van der Waals surface area contributed by atoms with Gasteiger partial charge in [-0.2, -0.15) is 0 Å². The maximum Gasteiger partial charge on any atom is 0.251 e. The van der Waals surface area contributed by atoms with Crippen LogP contribution in [0.5, 0.6) is 0 Å². The van der Waals surface area contributed by atoms with Gasteiger partial charge in [0.2, 0.25) is 0 Å². The molecule has 0 saturated heterocycles. The Bertz CT molecular complexity index is 416. The highest BCUT2D eigenvalue weighted by Gasteiger charge is 2.23. The molecule has 19 heavy (non-hydrogen) atoms. The molecule has 0 aliphatic heterocycles. The Morgan fingerprint density at radius 1 is 1.21 bits per heavy atom. The van der Waals surface area contributed by atoms with Crippen LogP contribution in [0, 0.1) is 5.92 Å². The fraction of sp³-hybridized carbons (Fsp3) is 0.533. The third kappa shape index (κ3) is 3.78. The average molecular weight is 263 g/mol. The fourth-order valence-electron chi connectivity index (χ4n) is 2.51. The second-order valence-corrected chi connectivity index (χ2v) is 5.18. The number of rotatable bonds is 4. The lowest BCUT2D eigenvalue weighted by Gasteiger charge is -2.27. The fourth-order valence-corrected chi connectivity index (χ4v) is 2.51. The summed E-state index contributed by atoms with van der Waals surface area (Å²) in [5.41, 5.74) is 1.38. The van der Waals surface area contributed by atoms with Crippen LogP contribution in [0.3, 0.4) is 0 Å². The monoisotopic (exact) mass is 263 g/mol. The number of carbonyl (C=O) groups is 1. The molecule has 1 amide bonds. The van der Waals surface area contributed by atoms with Crippen molar-refractivity contribution in [2.24, 2.45) is 5.92 Å². The largest absolute Gasteiger partial charge is 0.393 e. The molecule has 3 N–H and O–H groups in total. The van der Waals surface area contributed by atoms with E-state index in [0.29, 0.717) is 12.1 Å². The zero-order chi connectivity index (χ0) is 13.7. The molecule has 1 fully saturated rings. The molecule has 0 spiro atoms. The number of benzene rings is 1. The second kappa shape index (κ2) is 6.68. The van der Waals surface area contributed by atoms with E-state index in [9.17, 15) is 9.90 Å². The first-order valence-electron chi connectivity index (χ1n) is 6.87. The molecule has 1 saturated carbocycles. The van der Waals surface area contributed by atoms with Gasteiger partial charge >= 0.3 is 0 Å². The van der Waals surface area contributed by atoms with Crippen molar-refractivity contribution in [1.29, 1.82) is 0 Å². The van der Waals surface area contributed by atoms with Crippen molar-refractivity contribution >= 4 is 5.91 Å². The van der Waals surface area contributed by atoms with Crippen LogP contribution in [0.25, 0.3) is 0 Å². The van der Waals surface area contributed by atoms with Crippen molar-refractivity contribution in [1.82, 2.24) is 5.32 Å². The summed E-state index contributed by atoms with van der Waals surface area (Å²) in [4.78, 5) is 11.9. The van der Waals surface area contributed by atoms with Crippen LogP contribution in [-0.4, -0.2) is 28.8 Å². The Kier molecular flexibility index (Phi) is 4.93. The molecule has 104 valence electrons. The Balaban J connectivity index is 1.86. The second-order valence-electron chi connectivity index (χ2n) is 5.18. The number of hydrogen-bond acceptors (Lipinski definition) is 3. The van der Waals surface area contributed by atoms with Gasteiger partial charge < -0.3 is 15.5 Å². The first-order valence-corrected chi connectivity index (χ1v) is 6.87. The summed E-state index contributed by atoms with van der Waals surface area (Å²) in [6.45, 7) is 0.512. The van der Waals surface area contributed by atoms with Gasteiger partial charge in [-0.1, -0.05) is 25.0 Å². The van der Waals surface area contributed by atoms with Crippen molar-refractivity contribution < 1.29 is 15.0 Å². The first-order chi connectivity index (χ1) is 9.20. The number of carbonyl (C=O) groups excluding carboxylic acids is 1. The van der Waals surface area contributed by atoms with Gasteiger partial charge in [-0.25, -0.2) is 0 Å². The van der Waals surface area contributed by atoms with E-state index >= 15 is 0 Å². The van der Waals surface area contributed by atoms with E-state index in [4.69, 9.17) is 5.11 Å². The van der Waals surface area contributed by atoms with E-state index in [1.807, 2.05) is 0 Å². The summed E-state index contributed by atoms with van der Waals surface area (Å²) < 4.78 is 0. The van der Waals surface area contributed by atoms with E-state index < -0.39 is 0 Å². The first kappa shape index (κ1) is 14.0. The standard InChI is InChI=1S/C15H21NO3/c17-10-11-5-7-12(8-6-11)15(19)16-9-13-3-1-2-4-14(13)18/h5-8,13-14,17-18H,1-4,9-10H2,(H,16,19). The lowest BCUT2D eigenvalue weighted by atomic mass is 9.86. The van der Waals surface area contributed by atoms with Crippen molar-refractivity contribution in [2.75, 3.05) is 6.54 Å². The molecule has 0 heterocycles. The maximum atomic E-state index is 11.9. The van der Waals surface area contributed by atoms with E-state index in [0.717, 1.165) is 31.2 Å². The molecule has 1 aliphatic rings. The Morgan fingerprint density at radius 3 is 2.53 bits per heavy atom. The summed E-state index contributed by atoms with van der Waals surface area (Å²) in [5.74, 6) is 0.0525. The van der Waals surface area contributed by atoms with Gasteiger partial charge in [-0.15, -0.1) is 0 Å². The molecule has 0 bridgehead atoms. The SMILES string of the molecule is O=C(NCC1CCCCC1O)c1ccc(CO)cc1. The number of nitrogens with one attached hydrogen (secondary N) is 1. The smallest absolute Gasteiger partial charge is 0.251 e. The molecule has 2 unspecified atom stereocenters. The Morgan fingerprint density at radius 2 is 1.89 bits per heavy atom. The minimum absolute atomic E-state index is 0.0177. The highest BCUT2D eigenvalue weighted by atomic mass is 16.3. The number of hydrogen-bond donors (Lipinski definition) is 3. The van der Waals surface area contributed by atoms with Gasteiger partial charge in [-0.05, 0) is 30.5 Å². The van der Waals surface area contributed by atoms with Gasteiger partial charge in [0.15, 0.2) is 0 Å². The zero-order valence-electron chi connectivity index (χ0n) is 11.0. The van der Waals surface area contributed by atoms with Crippen molar-refractivity contribution in [2.45, 2.75) is 38.4 Å². The number of aliphatic hydroxyl groups is 2. The van der Waals surface area contributed by atoms with E-state index in [1.165, 1.54) is 0 Å². The number of aliphatic hydroxyl groups excluding tert-OH is 2. The lowest BCUT2D eigenvalue weighted by Crippen LogP contribution is -2.36. The van der Waals surface area contributed by atoms with Gasteiger partial charge in [-0.3, -0.25) is 4.79 Å². The maximum absolute atomic E-state index is 11.9. The van der Waals surface area contributed by atoms with Crippen molar-refractivity contribution in [3.8, 4) is 0 Å². The van der Waals surface area contributed by atoms with Crippen LogP contribution < -0.4 is 5.32 Å². The molecule has 0 aromatic heterocycles. The highest BCUT2D eigenvalue weighted by molar-refractivity contribution is 5.94. The van der Waals surface area contributed by atoms with Crippen LogP contribution in [0.15, 0.2) is 24.3 Å². The minimum Gasteiger partial charge on any atom is -0.393 e. The molecule has 0 radical (unpaired) electrons. The normalized spacial score (nSPS) is 23.1. The molecule has 1 aliphatic carbocycles. The molecule has 4 nitrogen and oxygen atoms in total. The minimum atomic E-state index is -0.286. The van der Waals surface area contributed by atoms with Gasteiger partial charge in [0, 0.05) is 18.0 Å². The van der Waals surface area contributed by atoms with Crippen LogP contribution in [0.2, 0.25) is 0 Å². The van der Waals surface area contributed by atoms with Crippen LogP contribution in [0.4, 0.5) is 0 Å². The topological polar surface area (TPSA) is 69.6 Å². The van der Waals surface area contributed by atoms with Crippen molar-refractivity contribution in [3.63, 3.8) is 0 Å². The molecule has 2 rings (SSSR count). The van der Waals surface area contributed by atoms with Crippen LogP contribution in [0.1, 0.15) is 41.6 Å². The predicted octanol–water partition coefficient (Wildman–Crippen LogP) is 1.46. The Hall–Kier alpha value is -1.39. The molecule has 2 atom stereocenters.